The van der Waals surface area contributed by atoms with Crippen LogP contribution in [-0.2, 0) is 16.1 Å². The second kappa shape index (κ2) is 6.08. The van der Waals surface area contributed by atoms with Gasteiger partial charge in [0, 0.05) is 4.88 Å². The van der Waals surface area contributed by atoms with Crippen molar-refractivity contribution in [3.63, 3.8) is 0 Å². The molecule has 1 aromatic rings. The number of nitrogens with zero attached hydrogens (tertiary/aromatic N) is 1. The Morgan fingerprint density at radius 3 is 2.57 bits per heavy atom. The Kier molecular flexibility index (Phi) is 4.78. The molecule has 2 heterocycles. The maximum Gasteiger partial charge on any atom is 0.249 e. The van der Waals surface area contributed by atoms with E-state index >= 15 is 0 Å². The van der Waals surface area contributed by atoms with Crippen LogP contribution in [0, 0.1) is 5.92 Å². The molecule has 1 fully saturated rings. The van der Waals surface area contributed by atoms with Crippen molar-refractivity contribution in [3.8, 4) is 0 Å². The number of hydrogen-bond donors (Lipinski definition) is 1. The first-order valence-electron chi connectivity index (χ1n) is 7.16. The van der Waals surface area contributed by atoms with E-state index in [9.17, 15) is 9.59 Å². The fourth-order valence-electron chi connectivity index (χ4n) is 2.66. The third-order valence-electron chi connectivity index (χ3n) is 4.03. The van der Waals surface area contributed by atoms with E-state index in [0.717, 1.165) is 8.66 Å². The highest BCUT2D eigenvalue weighted by atomic mass is 79.9. The Labute approximate surface area is 138 Å². The van der Waals surface area contributed by atoms with Gasteiger partial charge in [0.1, 0.15) is 11.6 Å². The molecule has 2 atom stereocenters. The highest BCUT2D eigenvalue weighted by Crippen LogP contribution is 2.29. The molecule has 1 N–H and O–H groups in total. The predicted molar refractivity (Wildman–Crippen MR) is 88.0 cm³/mol. The van der Waals surface area contributed by atoms with E-state index < -0.39 is 11.6 Å². The first kappa shape index (κ1) is 16.5. The van der Waals surface area contributed by atoms with Crippen LogP contribution in [0.1, 0.15) is 39.0 Å². The molecule has 0 spiro atoms. The molecule has 4 nitrogen and oxygen atoms in total. The van der Waals surface area contributed by atoms with Gasteiger partial charge in [-0.05, 0) is 47.3 Å². The summed E-state index contributed by atoms with van der Waals surface area (Å²) < 4.78 is 1.03. The molecule has 0 saturated carbocycles. The monoisotopic (exact) mass is 372 g/mol. The number of nitrogens with one attached hydrogen (secondary N) is 1. The van der Waals surface area contributed by atoms with Crippen LogP contribution in [0.4, 0.5) is 0 Å². The Morgan fingerprint density at radius 1 is 1.43 bits per heavy atom. The lowest BCUT2D eigenvalue weighted by Crippen LogP contribution is -2.69. The van der Waals surface area contributed by atoms with Gasteiger partial charge in [-0.2, -0.15) is 0 Å². The SMILES string of the molecule is CCC1(C)NC(=O)C(C(C)C)N(Cc2ccc(Br)s2)C1=O. The summed E-state index contributed by atoms with van der Waals surface area (Å²) in [5.41, 5.74) is -0.795. The molecule has 2 amide bonds. The van der Waals surface area contributed by atoms with Crippen molar-refractivity contribution >= 4 is 39.1 Å². The number of piperazine rings is 1. The third-order valence-corrected chi connectivity index (χ3v) is 5.64. The summed E-state index contributed by atoms with van der Waals surface area (Å²) in [7, 11) is 0. The smallest absolute Gasteiger partial charge is 0.249 e. The summed E-state index contributed by atoms with van der Waals surface area (Å²) in [5, 5.41) is 2.91. The van der Waals surface area contributed by atoms with Crippen molar-refractivity contribution in [1.82, 2.24) is 10.2 Å². The molecule has 116 valence electrons. The van der Waals surface area contributed by atoms with Crippen LogP contribution in [0.15, 0.2) is 15.9 Å². The van der Waals surface area contributed by atoms with Crippen molar-refractivity contribution in [2.45, 2.75) is 52.2 Å². The zero-order chi connectivity index (χ0) is 15.8. The van der Waals surface area contributed by atoms with Crippen LogP contribution < -0.4 is 5.32 Å². The number of carbonyl (C=O) groups is 2. The highest BCUT2D eigenvalue weighted by Gasteiger charge is 2.47. The molecule has 2 unspecified atom stereocenters. The van der Waals surface area contributed by atoms with Gasteiger partial charge in [0.15, 0.2) is 0 Å². The lowest BCUT2D eigenvalue weighted by Gasteiger charge is -2.45. The molecule has 0 bridgehead atoms. The van der Waals surface area contributed by atoms with Crippen LogP contribution in [0.3, 0.4) is 0 Å². The van der Waals surface area contributed by atoms with Gasteiger partial charge >= 0.3 is 0 Å². The van der Waals surface area contributed by atoms with E-state index in [0.29, 0.717) is 13.0 Å². The number of rotatable bonds is 4. The van der Waals surface area contributed by atoms with Crippen LogP contribution in [0.25, 0.3) is 0 Å². The summed E-state index contributed by atoms with van der Waals surface area (Å²) >= 11 is 5.04. The standard InChI is InChI=1S/C15H21BrN2O2S/c1-5-15(4)14(20)18(8-10-6-7-11(16)21-10)12(9(2)3)13(19)17-15/h6-7,9,12H,5,8H2,1-4H3,(H,17,19). The highest BCUT2D eigenvalue weighted by molar-refractivity contribution is 9.11. The van der Waals surface area contributed by atoms with Gasteiger partial charge in [0.25, 0.3) is 0 Å². The number of amides is 2. The number of thiophene rings is 1. The fourth-order valence-corrected chi connectivity index (χ4v) is 4.14. The fraction of sp³-hybridized carbons (Fsp3) is 0.600. The second-order valence-electron chi connectivity index (χ2n) is 6.00. The maximum atomic E-state index is 12.9. The minimum absolute atomic E-state index is 0.00724. The Morgan fingerprint density at radius 2 is 2.10 bits per heavy atom. The summed E-state index contributed by atoms with van der Waals surface area (Å²) in [5.74, 6) is 0.0381. The quantitative estimate of drug-likeness (QED) is 0.882. The molecule has 1 aliphatic heterocycles. The average Bonchev–Trinajstić information content (AvgIpc) is 2.80. The molecular formula is C15H21BrN2O2S. The van der Waals surface area contributed by atoms with Gasteiger partial charge in [-0.1, -0.05) is 20.8 Å². The van der Waals surface area contributed by atoms with Crippen LogP contribution in [0.5, 0.6) is 0 Å². The van der Waals surface area contributed by atoms with Gasteiger partial charge in [-0.3, -0.25) is 9.59 Å². The molecule has 0 aromatic carbocycles. The normalized spacial score (nSPS) is 26.4. The third kappa shape index (κ3) is 3.16. The lowest BCUT2D eigenvalue weighted by molar-refractivity contribution is -0.157. The van der Waals surface area contributed by atoms with Gasteiger partial charge in [0.2, 0.25) is 11.8 Å². The summed E-state index contributed by atoms with van der Waals surface area (Å²) in [4.78, 5) is 28.1. The molecule has 6 heteroatoms. The Hall–Kier alpha value is -0.880. The second-order valence-corrected chi connectivity index (χ2v) is 8.55. The minimum atomic E-state index is -0.795. The molecule has 1 aromatic heterocycles. The largest absolute Gasteiger partial charge is 0.340 e. The zero-order valence-corrected chi connectivity index (χ0v) is 15.2. The van der Waals surface area contributed by atoms with Crippen molar-refractivity contribution < 1.29 is 9.59 Å². The van der Waals surface area contributed by atoms with Gasteiger partial charge in [-0.15, -0.1) is 11.3 Å². The summed E-state index contributed by atoms with van der Waals surface area (Å²) in [6.07, 6.45) is 0.590. The Bertz CT molecular complexity index is 558. The molecular weight excluding hydrogens is 352 g/mol. The van der Waals surface area contributed by atoms with Crippen molar-refractivity contribution in [3.05, 3.63) is 20.8 Å². The molecule has 2 rings (SSSR count). The lowest BCUT2D eigenvalue weighted by atomic mass is 9.88. The first-order valence-corrected chi connectivity index (χ1v) is 8.76. The molecule has 1 saturated heterocycles. The van der Waals surface area contributed by atoms with Crippen LogP contribution in [-0.4, -0.2) is 28.3 Å². The number of halogens is 1. The first-order chi connectivity index (χ1) is 9.78. The van der Waals surface area contributed by atoms with Crippen LogP contribution >= 0.6 is 27.3 Å². The van der Waals surface area contributed by atoms with E-state index in [2.05, 4.69) is 21.2 Å². The Balaban J connectivity index is 2.34. The summed E-state index contributed by atoms with van der Waals surface area (Å²) in [6, 6.07) is 3.56. The summed E-state index contributed by atoms with van der Waals surface area (Å²) in [6.45, 7) is 8.17. The minimum Gasteiger partial charge on any atom is -0.340 e. The topological polar surface area (TPSA) is 49.4 Å². The van der Waals surface area contributed by atoms with Crippen molar-refractivity contribution in [2.24, 2.45) is 5.92 Å². The zero-order valence-electron chi connectivity index (χ0n) is 12.8. The molecule has 0 radical (unpaired) electrons. The molecule has 0 aliphatic carbocycles. The van der Waals surface area contributed by atoms with E-state index in [1.54, 1.807) is 23.2 Å². The molecule has 1 aliphatic rings. The van der Waals surface area contributed by atoms with E-state index in [-0.39, 0.29) is 17.7 Å². The van der Waals surface area contributed by atoms with Crippen molar-refractivity contribution in [2.75, 3.05) is 0 Å². The van der Waals surface area contributed by atoms with Crippen LogP contribution in [0.2, 0.25) is 0 Å². The average molecular weight is 373 g/mol. The van der Waals surface area contributed by atoms with E-state index in [1.807, 2.05) is 32.9 Å². The van der Waals surface area contributed by atoms with Gasteiger partial charge < -0.3 is 10.2 Å². The van der Waals surface area contributed by atoms with Crippen molar-refractivity contribution in [1.29, 1.82) is 0 Å². The molecule has 21 heavy (non-hydrogen) atoms. The predicted octanol–water partition coefficient (Wildman–Crippen LogP) is 3.16. The number of hydrogen-bond acceptors (Lipinski definition) is 3. The van der Waals surface area contributed by atoms with E-state index in [1.165, 1.54) is 0 Å². The number of carbonyl (C=O) groups excluding carboxylic acids is 2. The van der Waals surface area contributed by atoms with Gasteiger partial charge in [0.05, 0.1) is 10.3 Å². The maximum absolute atomic E-state index is 12.9. The van der Waals surface area contributed by atoms with E-state index in [4.69, 9.17) is 0 Å². The van der Waals surface area contributed by atoms with Gasteiger partial charge in [-0.25, -0.2) is 0 Å².